The van der Waals surface area contributed by atoms with Gasteiger partial charge in [-0.2, -0.15) is 5.10 Å². The molecule has 0 aliphatic rings. The summed E-state index contributed by atoms with van der Waals surface area (Å²) in [7, 11) is 0. The van der Waals surface area contributed by atoms with Gasteiger partial charge < -0.3 is 0 Å². The Labute approximate surface area is 89.5 Å². The first kappa shape index (κ1) is 9.16. The fourth-order valence-corrected chi connectivity index (χ4v) is 1.64. The minimum Gasteiger partial charge on any atom is -0.244 e. The molecule has 5 heteroatoms. The zero-order valence-electron chi connectivity index (χ0n) is 7.48. The van der Waals surface area contributed by atoms with Gasteiger partial charge in [0.2, 0.25) is 0 Å². The molecule has 0 aromatic carbocycles. The van der Waals surface area contributed by atoms with Crippen molar-refractivity contribution in [2.45, 2.75) is 13.0 Å². The fraction of sp³-hybridized carbons (Fsp3) is 0.222. The van der Waals surface area contributed by atoms with Gasteiger partial charge in [-0.1, -0.05) is 5.92 Å². The number of rotatable bonds is 1. The molecule has 1 unspecified atom stereocenters. The molecule has 0 aliphatic carbocycles. The summed E-state index contributed by atoms with van der Waals surface area (Å²) in [6.07, 6.45) is 8.52. The maximum Gasteiger partial charge on any atom is 0.163 e. The van der Waals surface area contributed by atoms with Crippen molar-refractivity contribution >= 4 is 27.0 Å². The Kier molecular flexibility index (Phi) is 2.22. The highest BCUT2D eigenvalue weighted by atomic mass is 79.9. The third-order valence-corrected chi connectivity index (χ3v) is 2.52. The molecule has 0 saturated carbocycles. The lowest BCUT2D eigenvalue weighted by Crippen LogP contribution is -2.05. The number of terminal acetylenes is 1. The molecule has 0 N–H and O–H groups in total. The molecule has 70 valence electrons. The van der Waals surface area contributed by atoms with Gasteiger partial charge in [-0.25, -0.2) is 14.6 Å². The van der Waals surface area contributed by atoms with Gasteiger partial charge in [0, 0.05) is 6.20 Å². The van der Waals surface area contributed by atoms with Gasteiger partial charge in [-0.3, -0.25) is 0 Å². The van der Waals surface area contributed by atoms with Crippen molar-refractivity contribution in [1.29, 1.82) is 0 Å². The van der Waals surface area contributed by atoms with Crippen LogP contribution in [-0.2, 0) is 0 Å². The van der Waals surface area contributed by atoms with E-state index in [9.17, 15) is 0 Å². The van der Waals surface area contributed by atoms with Gasteiger partial charge in [0.1, 0.15) is 17.0 Å². The molecule has 0 aliphatic heterocycles. The van der Waals surface area contributed by atoms with Crippen molar-refractivity contribution in [1.82, 2.24) is 19.7 Å². The van der Waals surface area contributed by atoms with Crippen molar-refractivity contribution in [3.05, 3.63) is 17.1 Å². The molecule has 0 fully saturated rings. The van der Waals surface area contributed by atoms with E-state index in [2.05, 4.69) is 36.9 Å². The number of halogens is 1. The summed E-state index contributed by atoms with van der Waals surface area (Å²) in [5, 5.41) is 5.12. The molecule has 0 amide bonds. The van der Waals surface area contributed by atoms with E-state index in [-0.39, 0.29) is 6.04 Å². The topological polar surface area (TPSA) is 43.6 Å². The highest BCUT2D eigenvalue weighted by Gasteiger charge is 2.12. The first-order valence-corrected chi connectivity index (χ1v) is 4.83. The lowest BCUT2D eigenvalue weighted by molar-refractivity contribution is 0.608. The molecule has 2 heterocycles. The number of nitrogens with zero attached hydrogens (tertiary/aromatic N) is 4. The van der Waals surface area contributed by atoms with Crippen LogP contribution in [0.1, 0.15) is 13.0 Å². The molecule has 0 spiro atoms. The smallest absolute Gasteiger partial charge is 0.163 e. The molecule has 14 heavy (non-hydrogen) atoms. The van der Waals surface area contributed by atoms with Gasteiger partial charge in [0.25, 0.3) is 0 Å². The van der Waals surface area contributed by atoms with Crippen LogP contribution in [0.5, 0.6) is 0 Å². The van der Waals surface area contributed by atoms with Crippen LogP contribution >= 0.6 is 15.9 Å². The predicted octanol–water partition coefficient (Wildman–Crippen LogP) is 1.78. The van der Waals surface area contributed by atoms with Crippen LogP contribution in [0, 0.1) is 12.3 Å². The third-order valence-electron chi connectivity index (χ3n) is 1.93. The predicted molar refractivity (Wildman–Crippen MR) is 56.6 cm³/mol. The van der Waals surface area contributed by atoms with E-state index in [0.29, 0.717) is 0 Å². The molecule has 2 rings (SSSR count). The Morgan fingerprint density at radius 1 is 1.64 bits per heavy atom. The van der Waals surface area contributed by atoms with Crippen molar-refractivity contribution in [3.8, 4) is 12.3 Å². The average Bonchev–Trinajstić information content (AvgIpc) is 2.56. The van der Waals surface area contributed by atoms with E-state index in [1.165, 1.54) is 6.33 Å². The summed E-state index contributed by atoms with van der Waals surface area (Å²) >= 11 is 3.33. The summed E-state index contributed by atoms with van der Waals surface area (Å²) < 4.78 is 2.41. The minimum absolute atomic E-state index is 0.112. The fourth-order valence-electron chi connectivity index (χ4n) is 1.19. The second-order valence-corrected chi connectivity index (χ2v) is 3.59. The number of hydrogen-bond donors (Lipinski definition) is 0. The van der Waals surface area contributed by atoms with Crippen molar-refractivity contribution in [2.75, 3.05) is 0 Å². The van der Waals surface area contributed by atoms with Crippen LogP contribution in [0.25, 0.3) is 11.0 Å². The first-order chi connectivity index (χ1) is 6.74. The van der Waals surface area contributed by atoms with Crippen molar-refractivity contribution in [3.63, 3.8) is 0 Å². The highest BCUT2D eigenvalue weighted by molar-refractivity contribution is 9.10. The summed E-state index contributed by atoms with van der Waals surface area (Å²) in [6, 6.07) is -0.112. The van der Waals surface area contributed by atoms with E-state index in [1.54, 1.807) is 10.9 Å². The molecular formula is C9H7BrN4. The van der Waals surface area contributed by atoms with Crippen LogP contribution in [0.3, 0.4) is 0 Å². The van der Waals surface area contributed by atoms with Gasteiger partial charge >= 0.3 is 0 Å². The Balaban J connectivity index is 2.74. The second kappa shape index (κ2) is 3.39. The normalized spacial score (nSPS) is 12.6. The van der Waals surface area contributed by atoms with E-state index in [1.807, 2.05) is 6.92 Å². The van der Waals surface area contributed by atoms with Gasteiger partial charge in [-0.05, 0) is 22.9 Å². The lowest BCUT2D eigenvalue weighted by atomic mass is 10.3. The lowest BCUT2D eigenvalue weighted by Gasteiger charge is -2.03. The van der Waals surface area contributed by atoms with E-state index >= 15 is 0 Å². The number of aromatic nitrogens is 4. The Bertz CT molecular complexity index is 511. The van der Waals surface area contributed by atoms with Crippen LogP contribution < -0.4 is 0 Å². The third kappa shape index (κ3) is 1.28. The monoisotopic (exact) mass is 250 g/mol. The maximum atomic E-state index is 5.33. The molecule has 0 saturated heterocycles. The summed E-state index contributed by atoms with van der Waals surface area (Å²) in [6.45, 7) is 1.89. The quantitative estimate of drug-likeness (QED) is 0.725. The van der Waals surface area contributed by atoms with Crippen molar-refractivity contribution < 1.29 is 0 Å². The van der Waals surface area contributed by atoms with Gasteiger partial charge in [0.15, 0.2) is 5.65 Å². The highest BCUT2D eigenvalue weighted by Crippen LogP contribution is 2.22. The zero-order chi connectivity index (χ0) is 10.1. The average molecular weight is 251 g/mol. The first-order valence-electron chi connectivity index (χ1n) is 4.04. The molecule has 2 aromatic heterocycles. The molecule has 0 radical (unpaired) electrons. The zero-order valence-corrected chi connectivity index (χ0v) is 9.06. The van der Waals surface area contributed by atoms with Crippen LogP contribution in [-0.4, -0.2) is 19.7 Å². The molecule has 4 nitrogen and oxygen atoms in total. The Morgan fingerprint density at radius 3 is 3.14 bits per heavy atom. The van der Waals surface area contributed by atoms with Crippen LogP contribution in [0.4, 0.5) is 0 Å². The summed E-state index contributed by atoms with van der Waals surface area (Å²) in [4.78, 5) is 8.06. The standard InChI is InChI=1S/C9H7BrN4/c1-3-6(2)14-9-7(8(10)13-14)4-11-5-12-9/h1,4-6H,2H3. The Hall–Kier alpha value is -1.41. The second-order valence-electron chi connectivity index (χ2n) is 2.84. The summed E-state index contributed by atoms with van der Waals surface area (Å²) in [5.41, 5.74) is 0.748. The minimum atomic E-state index is -0.112. The van der Waals surface area contributed by atoms with Gasteiger partial charge in [0.05, 0.1) is 5.39 Å². The number of hydrogen-bond acceptors (Lipinski definition) is 3. The summed E-state index contributed by atoms with van der Waals surface area (Å²) in [5.74, 6) is 2.61. The van der Waals surface area contributed by atoms with Crippen LogP contribution in [0.2, 0.25) is 0 Å². The largest absolute Gasteiger partial charge is 0.244 e. The van der Waals surface area contributed by atoms with Crippen LogP contribution in [0.15, 0.2) is 17.1 Å². The van der Waals surface area contributed by atoms with E-state index < -0.39 is 0 Å². The van der Waals surface area contributed by atoms with Crippen molar-refractivity contribution in [2.24, 2.45) is 0 Å². The number of fused-ring (bicyclic) bond motifs is 1. The molecule has 2 aromatic rings. The van der Waals surface area contributed by atoms with E-state index in [4.69, 9.17) is 6.42 Å². The molecule has 0 bridgehead atoms. The van der Waals surface area contributed by atoms with Gasteiger partial charge in [-0.15, -0.1) is 6.42 Å². The maximum absolute atomic E-state index is 5.33. The Morgan fingerprint density at radius 2 is 2.43 bits per heavy atom. The SMILES string of the molecule is C#CC(C)n1nc(Br)c2cncnc21. The molecular weight excluding hydrogens is 244 g/mol. The molecule has 1 atom stereocenters. The van der Waals surface area contributed by atoms with E-state index in [0.717, 1.165) is 15.6 Å².